The standard InChI is InChI=1S/C15H13BrClFN2S/c1-9(5-10-3-2-4-21-10)20-14-6-11(16)12(18)7-13(14)19-15(20)8-17/h2-4,6-7,9H,5,8H2,1H3. The molecule has 0 spiro atoms. The van der Waals surface area contributed by atoms with Crippen molar-refractivity contribution in [2.75, 3.05) is 0 Å². The summed E-state index contributed by atoms with van der Waals surface area (Å²) in [6, 6.07) is 7.60. The van der Waals surface area contributed by atoms with E-state index in [4.69, 9.17) is 11.6 Å². The van der Waals surface area contributed by atoms with Gasteiger partial charge in [0.1, 0.15) is 11.6 Å². The molecule has 110 valence electrons. The summed E-state index contributed by atoms with van der Waals surface area (Å²) in [6.07, 6.45) is 0.905. The fourth-order valence-corrected chi connectivity index (χ4v) is 3.88. The molecule has 0 aliphatic rings. The summed E-state index contributed by atoms with van der Waals surface area (Å²) >= 11 is 11.0. The number of rotatable bonds is 4. The first-order chi connectivity index (χ1) is 10.1. The Balaban J connectivity index is 2.09. The molecule has 0 aliphatic carbocycles. The molecule has 0 amide bonds. The molecular weight excluding hydrogens is 375 g/mol. The number of hydrogen-bond donors (Lipinski definition) is 0. The Labute approximate surface area is 139 Å². The van der Waals surface area contributed by atoms with Gasteiger partial charge in [-0.25, -0.2) is 9.37 Å². The van der Waals surface area contributed by atoms with E-state index in [0.717, 1.165) is 17.8 Å². The third kappa shape index (κ3) is 2.87. The summed E-state index contributed by atoms with van der Waals surface area (Å²) in [5.74, 6) is 0.773. The molecule has 0 saturated carbocycles. The van der Waals surface area contributed by atoms with Gasteiger partial charge in [-0.1, -0.05) is 6.07 Å². The molecule has 1 atom stereocenters. The number of thiophene rings is 1. The second kappa shape index (κ2) is 6.07. The van der Waals surface area contributed by atoms with E-state index < -0.39 is 0 Å². The van der Waals surface area contributed by atoms with Crippen molar-refractivity contribution < 1.29 is 4.39 Å². The van der Waals surface area contributed by atoms with Crippen molar-refractivity contribution in [1.82, 2.24) is 9.55 Å². The molecule has 6 heteroatoms. The van der Waals surface area contributed by atoms with Crippen LogP contribution in [0.15, 0.2) is 34.1 Å². The first kappa shape index (κ1) is 15.0. The SMILES string of the molecule is CC(Cc1cccs1)n1c(CCl)nc2cc(F)c(Br)cc21. The first-order valence-electron chi connectivity index (χ1n) is 6.54. The van der Waals surface area contributed by atoms with Crippen molar-refractivity contribution in [3.63, 3.8) is 0 Å². The van der Waals surface area contributed by atoms with Gasteiger partial charge in [0.2, 0.25) is 0 Å². The van der Waals surface area contributed by atoms with Gasteiger partial charge in [0, 0.05) is 23.4 Å². The van der Waals surface area contributed by atoms with Gasteiger partial charge < -0.3 is 4.57 Å². The number of hydrogen-bond acceptors (Lipinski definition) is 2. The molecule has 0 aliphatic heterocycles. The number of halogens is 3. The lowest BCUT2D eigenvalue weighted by atomic mass is 10.2. The Kier molecular flexibility index (Phi) is 4.33. The number of fused-ring (bicyclic) bond motifs is 1. The molecule has 3 aromatic rings. The molecule has 21 heavy (non-hydrogen) atoms. The van der Waals surface area contributed by atoms with Crippen molar-refractivity contribution in [2.45, 2.75) is 25.3 Å². The molecule has 0 fully saturated rings. The Morgan fingerprint density at radius 1 is 1.48 bits per heavy atom. The highest BCUT2D eigenvalue weighted by molar-refractivity contribution is 9.10. The molecule has 1 aromatic carbocycles. The van der Waals surface area contributed by atoms with Crippen LogP contribution in [0.1, 0.15) is 23.7 Å². The maximum atomic E-state index is 13.7. The predicted molar refractivity (Wildman–Crippen MR) is 89.7 cm³/mol. The van der Waals surface area contributed by atoms with E-state index in [1.807, 2.05) is 6.07 Å². The maximum Gasteiger partial charge on any atom is 0.139 e. The van der Waals surface area contributed by atoms with Crippen molar-refractivity contribution in [3.05, 3.63) is 50.6 Å². The second-order valence-corrected chi connectivity index (χ2v) is 7.07. The lowest BCUT2D eigenvalue weighted by Gasteiger charge is -2.16. The monoisotopic (exact) mass is 386 g/mol. The van der Waals surface area contributed by atoms with Crippen LogP contribution in [0, 0.1) is 5.82 Å². The van der Waals surface area contributed by atoms with E-state index in [1.165, 1.54) is 10.9 Å². The number of benzene rings is 1. The normalized spacial score (nSPS) is 13.0. The van der Waals surface area contributed by atoms with Crippen molar-refractivity contribution in [1.29, 1.82) is 0 Å². The van der Waals surface area contributed by atoms with E-state index >= 15 is 0 Å². The largest absolute Gasteiger partial charge is 0.324 e. The molecular formula is C15H13BrClFN2S. The minimum Gasteiger partial charge on any atom is -0.324 e. The molecule has 2 nitrogen and oxygen atoms in total. The van der Waals surface area contributed by atoms with Crippen molar-refractivity contribution in [3.8, 4) is 0 Å². The summed E-state index contributed by atoms with van der Waals surface area (Å²) in [5.41, 5.74) is 1.55. The zero-order valence-electron chi connectivity index (χ0n) is 11.3. The van der Waals surface area contributed by atoms with Gasteiger partial charge in [0.25, 0.3) is 0 Å². The summed E-state index contributed by atoms with van der Waals surface area (Å²) in [4.78, 5) is 5.77. The van der Waals surface area contributed by atoms with Crippen LogP contribution in [0.3, 0.4) is 0 Å². The van der Waals surface area contributed by atoms with E-state index in [0.29, 0.717) is 15.9 Å². The van der Waals surface area contributed by atoms with Gasteiger partial charge in [-0.3, -0.25) is 0 Å². The van der Waals surface area contributed by atoms with Crippen molar-refractivity contribution in [2.24, 2.45) is 0 Å². The maximum absolute atomic E-state index is 13.7. The highest BCUT2D eigenvalue weighted by atomic mass is 79.9. The van der Waals surface area contributed by atoms with Gasteiger partial charge in [-0.2, -0.15) is 0 Å². The Hall–Kier alpha value is -0.910. The summed E-state index contributed by atoms with van der Waals surface area (Å²) in [6.45, 7) is 2.13. The minimum atomic E-state index is -0.306. The van der Waals surface area contributed by atoms with Gasteiger partial charge in [0.15, 0.2) is 0 Å². The van der Waals surface area contributed by atoms with E-state index in [2.05, 4.69) is 43.9 Å². The highest BCUT2D eigenvalue weighted by Gasteiger charge is 2.17. The van der Waals surface area contributed by atoms with Crippen LogP contribution in [-0.4, -0.2) is 9.55 Å². The van der Waals surface area contributed by atoms with Gasteiger partial charge in [-0.05, 0) is 40.4 Å². The van der Waals surface area contributed by atoms with Crippen LogP contribution in [0.4, 0.5) is 4.39 Å². The van der Waals surface area contributed by atoms with Gasteiger partial charge >= 0.3 is 0 Å². The van der Waals surface area contributed by atoms with E-state index in [9.17, 15) is 4.39 Å². The van der Waals surface area contributed by atoms with Crippen LogP contribution in [0.25, 0.3) is 11.0 Å². The smallest absolute Gasteiger partial charge is 0.139 e. The summed E-state index contributed by atoms with van der Waals surface area (Å²) in [7, 11) is 0. The number of alkyl halides is 1. The number of aromatic nitrogens is 2. The molecule has 0 radical (unpaired) electrons. The Morgan fingerprint density at radius 2 is 2.29 bits per heavy atom. The zero-order chi connectivity index (χ0) is 15.0. The van der Waals surface area contributed by atoms with Crippen LogP contribution in [0.2, 0.25) is 0 Å². The second-order valence-electron chi connectivity index (χ2n) is 4.92. The first-order valence-corrected chi connectivity index (χ1v) is 8.75. The van der Waals surface area contributed by atoms with Crippen LogP contribution < -0.4 is 0 Å². The molecule has 0 N–H and O–H groups in total. The van der Waals surface area contributed by atoms with Crippen LogP contribution >= 0.6 is 38.9 Å². The van der Waals surface area contributed by atoms with Crippen LogP contribution in [-0.2, 0) is 12.3 Å². The molecule has 3 rings (SSSR count). The zero-order valence-corrected chi connectivity index (χ0v) is 14.5. The average molecular weight is 388 g/mol. The lowest BCUT2D eigenvalue weighted by molar-refractivity contribution is 0.547. The van der Waals surface area contributed by atoms with Gasteiger partial charge in [0.05, 0.1) is 21.4 Å². The average Bonchev–Trinajstić information content (AvgIpc) is 3.06. The number of nitrogens with zero attached hydrogens (tertiary/aromatic N) is 2. The molecule has 0 bridgehead atoms. The number of imidazole rings is 1. The molecule has 0 saturated heterocycles. The fourth-order valence-electron chi connectivity index (χ4n) is 2.54. The van der Waals surface area contributed by atoms with E-state index in [-0.39, 0.29) is 11.9 Å². The van der Waals surface area contributed by atoms with Crippen LogP contribution in [0.5, 0.6) is 0 Å². The summed E-state index contributed by atoms with van der Waals surface area (Å²) < 4.78 is 16.2. The third-order valence-electron chi connectivity index (χ3n) is 3.44. The minimum absolute atomic E-state index is 0.208. The van der Waals surface area contributed by atoms with Crippen molar-refractivity contribution >= 4 is 49.9 Å². The molecule has 1 unspecified atom stereocenters. The molecule has 2 aromatic heterocycles. The van der Waals surface area contributed by atoms with E-state index in [1.54, 1.807) is 17.4 Å². The quantitative estimate of drug-likeness (QED) is 0.537. The van der Waals surface area contributed by atoms with Gasteiger partial charge in [-0.15, -0.1) is 22.9 Å². The molecule has 2 heterocycles. The Morgan fingerprint density at radius 3 is 2.95 bits per heavy atom. The highest BCUT2D eigenvalue weighted by Crippen LogP contribution is 2.29. The Bertz CT molecular complexity index is 770. The lowest BCUT2D eigenvalue weighted by Crippen LogP contribution is -2.10. The topological polar surface area (TPSA) is 17.8 Å². The fraction of sp³-hybridized carbons (Fsp3) is 0.267. The summed E-state index contributed by atoms with van der Waals surface area (Å²) in [5, 5.41) is 2.07. The third-order valence-corrected chi connectivity index (χ3v) is 5.19. The predicted octanol–water partition coefficient (Wildman–Crippen LogP) is 5.54.